The highest BCUT2D eigenvalue weighted by Gasteiger charge is 2.19. The summed E-state index contributed by atoms with van der Waals surface area (Å²) < 4.78 is 6.60. The zero-order valence-electron chi connectivity index (χ0n) is 29.8. The summed E-state index contributed by atoms with van der Waals surface area (Å²) in [7, 11) is 0. The summed E-state index contributed by atoms with van der Waals surface area (Å²) in [6.45, 7) is 0. The molecule has 3 aromatic heterocycles. The van der Waals surface area contributed by atoms with E-state index in [1.165, 1.54) is 0 Å². The van der Waals surface area contributed by atoms with Crippen LogP contribution in [-0.4, -0.2) is 15.0 Å². The Kier molecular flexibility index (Phi) is 8.12. The molecule has 0 saturated heterocycles. The monoisotopic (exact) mass is 703 g/mol. The maximum Gasteiger partial charge on any atom is 0.160 e. The van der Waals surface area contributed by atoms with Crippen LogP contribution in [0.15, 0.2) is 205 Å². The lowest BCUT2D eigenvalue weighted by molar-refractivity contribution is 0.670. The minimum Gasteiger partial charge on any atom is -0.455 e. The Morgan fingerprint density at radius 2 is 0.836 bits per heavy atom. The number of para-hydroxylation sites is 2. The van der Waals surface area contributed by atoms with E-state index in [4.69, 9.17) is 14.4 Å². The first kappa shape index (κ1) is 32.2. The number of hydrogen-bond donors (Lipinski definition) is 0. The smallest absolute Gasteiger partial charge is 0.160 e. The Bertz CT molecular complexity index is 2970. The molecular formula is C51H33N3O. The van der Waals surface area contributed by atoms with E-state index in [1.54, 1.807) is 0 Å². The summed E-state index contributed by atoms with van der Waals surface area (Å²) >= 11 is 0. The van der Waals surface area contributed by atoms with Gasteiger partial charge in [-0.05, 0) is 81.4 Å². The molecule has 10 aromatic rings. The second kappa shape index (κ2) is 13.8. The Hall–Kier alpha value is -7.43. The van der Waals surface area contributed by atoms with Gasteiger partial charge < -0.3 is 4.42 Å². The fraction of sp³-hybridized carbons (Fsp3) is 0. The summed E-state index contributed by atoms with van der Waals surface area (Å²) in [6.07, 6.45) is 3.66. The molecule has 10 rings (SSSR count). The van der Waals surface area contributed by atoms with Crippen LogP contribution in [0.5, 0.6) is 0 Å². The van der Waals surface area contributed by atoms with Crippen LogP contribution in [0.1, 0.15) is 0 Å². The molecule has 0 spiro atoms. The van der Waals surface area contributed by atoms with Crippen LogP contribution in [0.25, 0.3) is 100 Å². The lowest BCUT2D eigenvalue weighted by Crippen LogP contribution is -1.98. The van der Waals surface area contributed by atoms with Crippen molar-refractivity contribution >= 4 is 21.9 Å². The van der Waals surface area contributed by atoms with Crippen LogP contribution >= 0.6 is 0 Å². The van der Waals surface area contributed by atoms with E-state index in [9.17, 15) is 0 Å². The molecule has 0 bridgehead atoms. The maximum absolute atomic E-state index is 6.60. The largest absolute Gasteiger partial charge is 0.455 e. The number of aromatic nitrogens is 3. The fourth-order valence-corrected chi connectivity index (χ4v) is 7.60. The molecule has 0 aliphatic carbocycles. The highest BCUT2D eigenvalue weighted by molar-refractivity contribution is 6.10. The molecule has 4 nitrogen and oxygen atoms in total. The van der Waals surface area contributed by atoms with Gasteiger partial charge in [-0.3, -0.25) is 4.98 Å². The second-order valence-corrected chi connectivity index (χ2v) is 13.6. The standard InChI is InChI=1S/C51H33N3O/c1-3-14-34(15-4-1)40-18-7-8-20-42(40)37-30-38(43-23-13-24-46-45-22-11-12-25-49(45)55-50(43)46)32-39(31-37)47-33-48(54-51(53-47)36-16-5-2-6-17-36)44-21-10-9-19-41(44)35-26-28-52-29-27-35/h1-33H. The Balaban J connectivity index is 1.24. The van der Waals surface area contributed by atoms with Crippen molar-refractivity contribution in [2.24, 2.45) is 0 Å². The summed E-state index contributed by atoms with van der Waals surface area (Å²) in [5.41, 5.74) is 15.1. The van der Waals surface area contributed by atoms with Crippen molar-refractivity contribution in [2.75, 3.05) is 0 Å². The fourth-order valence-electron chi connectivity index (χ4n) is 7.60. The molecule has 0 radical (unpaired) electrons. The number of hydrogen-bond acceptors (Lipinski definition) is 4. The minimum atomic E-state index is 0.661. The number of nitrogens with zero attached hydrogens (tertiary/aromatic N) is 3. The van der Waals surface area contributed by atoms with Gasteiger partial charge in [-0.15, -0.1) is 0 Å². The third-order valence-electron chi connectivity index (χ3n) is 10.2. The normalized spacial score (nSPS) is 11.3. The van der Waals surface area contributed by atoms with Gasteiger partial charge in [0.2, 0.25) is 0 Å². The average molecular weight is 704 g/mol. The lowest BCUT2D eigenvalue weighted by Gasteiger charge is -2.16. The van der Waals surface area contributed by atoms with E-state index in [1.807, 2.05) is 54.9 Å². The molecule has 0 N–H and O–H groups in total. The molecule has 258 valence electrons. The van der Waals surface area contributed by atoms with Crippen LogP contribution in [0.2, 0.25) is 0 Å². The number of pyridine rings is 1. The van der Waals surface area contributed by atoms with Crippen LogP contribution in [0, 0.1) is 0 Å². The van der Waals surface area contributed by atoms with Crippen molar-refractivity contribution in [2.45, 2.75) is 0 Å². The van der Waals surface area contributed by atoms with E-state index in [-0.39, 0.29) is 0 Å². The molecule has 0 fully saturated rings. The highest BCUT2D eigenvalue weighted by Crippen LogP contribution is 2.42. The highest BCUT2D eigenvalue weighted by atomic mass is 16.3. The zero-order valence-corrected chi connectivity index (χ0v) is 29.8. The molecule has 0 saturated carbocycles. The third kappa shape index (κ3) is 6.06. The van der Waals surface area contributed by atoms with Crippen LogP contribution in [0.3, 0.4) is 0 Å². The summed E-state index contributed by atoms with van der Waals surface area (Å²) in [5, 5.41) is 2.19. The quantitative estimate of drug-likeness (QED) is 0.166. The predicted molar refractivity (Wildman–Crippen MR) is 225 cm³/mol. The van der Waals surface area contributed by atoms with Gasteiger partial charge in [0, 0.05) is 45.4 Å². The summed E-state index contributed by atoms with van der Waals surface area (Å²) in [5.74, 6) is 0.661. The van der Waals surface area contributed by atoms with Gasteiger partial charge in [0.25, 0.3) is 0 Å². The lowest BCUT2D eigenvalue weighted by atomic mass is 9.90. The third-order valence-corrected chi connectivity index (χ3v) is 10.2. The molecule has 7 aromatic carbocycles. The number of fused-ring (bicyclic) bond motifs is 3. The molecule has 0 aliphatic rings. The minimum absolute atomic E-state index is 0.661. The van der Waals surface area contributed by atoms with Crippen LogP contribution in [-0.2, 0) is 0 Å². The number of rotatable bonds is 7. The first-order valence-electron chi connectivity index (χ1n) is 18.4. The van der Waals surface area contributed by atoms with Crippen molar-refractivity contribution in [1.82, 2.24) is 15.0 Å². The van der Waals surface area contributed by atoms with E-state index in [2.05, 4.69) is 151 Å². The van der Waals surface area contributed by atoms with Gasteiger partial charge in [-0.25, -0.2) is 9.97 Å². The molecule has 0 amide bonds. The van der Waals surface area contributed by atoms with Gasteiger partial charge in [-0.1, -0.05) is 146 Å². The van der Waals surface area contributed by atoms with E-state index in [0.717, 1.165) is 94.5 Å². The van der Waals surface area contributed by atoms with Gasteiger partial charge >= 0.3 is 0 Å². The van der Waals surface area contributed by atoms with Gasteiger partial charge in [0.1, 0.15) is 11.2 Å². The van der Waals surface area contributed by atoms with Crippen molar-refractivity contribution < 1.29 is 4.42 Å². The molecular weight excluding hydrogens is 671 g/mol. The van der Waals surface area contributed by atoms with Crippen molar-refractivity contribution in [3.63, 3.8) is 0 Å². The number of benzene rings is 7. The SMILES string of the molecule is c1ccc(-c2nc(-c3cc(-c4ccccc4-c4ccccc4)cc(-c4cccc5c4oc4ccccc45)c3)cc(-c3ccccc3-c3ccncc3)n2)cc1. The topological polar surface area (TPSA) is 51.8 Å². The van der Waals surface area contributed by atoms with Crippen LogP contribution < -0.4 is 0 Å². The zero-order chi connectivity index (χ0) is 36.6. The molecule has 4 heteroatoms. The second-order valence-electron chi connectivity index (χ2n) is 13.6. The molecule has 3 heterocycles. The van der Waals surface area contributed by atoms with Gasteiger partial charge in [0.15, 0.2) is 5.82 Å². The van der Waals surface area contributed by atoms with Gasteiger partial charge in [0.05, 0.1) is 11.4 Å². The molecule has 55 heavy (non-hydrogen) atoms. The average Bonchev–Trinajstić information content (AvgIpc) is 3.66. The molecule has 0 unspecified atom stereocenters. The predicted octanol–water partition coefficient (Wildman–Crippen LogP) is 13.4. The Morgan fingerprint density at radius 3 is 1.58 bits per heavy atom. The van der Waals surface area contributed by atoms with E-state index in [0.29, 0.717) is 5.82 Å². The summed E-state index contributed by atoms with van der Waals surface area (Å²) in [4.78, 5) is 14.8. The number of furan rings is 1. The molecule has 0 aliphatic heterocycles. The summed E-state index contributed by atoms with van der Waals surface area (Å²) in [6, 6.07) is 65.5. The van der Waals surface area contributed by atoms with Crippen molar-refractivity contribution in [3.05, 3.63) is 200 Å². The van der Waals surface area contributed by atoms with E-state index < -0.39 is 0 Å². The maximum atomic E-state index is 6.60. The first-order valence-corrected chi connectivity index (χ1v) is 18.4. The van der Waals surface area contributed by atoms with Crippen LogP contribution in [0.4, 0.5) is 0 Å². The first-order chi connectivity index (χ1) is 27.3. The molecule has 0 atom stereocenters. The van der Waals surface area contributed by atoms with Crippen molar-refractivity contribution in [1.29, 1.82) is 0 Å². The Labute approximate surface area is 319 Å². The van der Waals surface area contributed by atoms with Gasteiger partial charge in [-0.2, -0.15) is 0 Å². The Morgan fingerprint density at radius 1 is 0.327 bits per heavy atom. The van der Waals surface area contributed by atoms with E-state index >= 15 is 0 Å². The van der Waals surface area contributed by atoms with Crippen molar-refractivity contribution in [3.8, 4) is 78.4 Å².